The molecule has 0 aliphatic rings. The van der Waals surface area contributed by atoms with Crippen LogP contribution in [0.4, 0.5) is 18.0 Å². The van der Waals surface area contributed by atoms with E-state index < -0.39 is 17.9 Å². The summed E-state index contributed by atoms with van der Waals surface area (Å²) >= 11 is 0. The monoisotopic (exact) mass is 337 g/mol. The smallest absolute Gasteiger partial charge is 0.416 e. The van der Waals surface area contributed by atoms with Crippen LogP contribution in [0.2, 0.25) is 0 Å². The molecule has 2 aromatic rings. The second-order valence-corrected chi connectivity index (χ2v) is 6.39. The molecule has 0 fully saturated rings. The Morgan fingerprint density at radius 1 is 0.958 bits per heavy atom. The number of carboxylic acid groups (broad SMARTS) is 1. The second-order valence-electron chi connectivity index (χ2n) is 6.39. The van der Waals surface area contributed by atoms with Crippen molar-refractivity contribution in [3.63, 3.8) is 0 Å². The lowest BCUT2D eigenvalue weighted by Crippen LogP contribution is -2.26. The van der Waals surface area contributed by atoms with Gasteiger partial charge in [0.05, 0.1) is 11.3 Å². The molecule has 2 rings (SSSR count). The van der Waals surface area contributed by atoms with E-state index in [1.54, 1.807) is 12.1 Å². The SMILES string of the molecule is CC(C)(C)c1ccc(OC(=O)[O-])c(-c2ccc(C(F)(F)F)cc2)c1. The van der Waals surface area contributed by atoms with E-state index in [-0.39, 0.29) is 11.2 Å². The van der Waals surface area contributed by atoms with Crippen molar-refractivity contribution in [2.45, 2.75) is 32.4 Å². The van der Waals surface area contributed by atoms with Gasteiger partial charge in [0, 0.05) is 5.56 Å². The lowest BCUT2D eigenvalue weighted by Gasteiger charge is -2.23. The highest BCUT2D eigenvalue weighted by molar-refractivity contribution is 5.74. The first-order chi connectivity index (χ1) is 11.0. The van der Waals surface area contributed by atoms with E-state index in [2.05, 4.69) is 4.74 Å². The van der Waals surface area contributed by atoms with Gasteiger partial charge in [-0.15, -0.1) is 0 Å². The maximum Gasteiger partial charge on any atom is 0.416 e. The third-order valence-electron chi connectivity index (χ3n) is 3.56. The van der Waals surface area contributed by atoms with E-state index in [9.17, 15) is 23.1 Å². The molecular formula is C18H16F3O3-. The Morgan fingerprint density at radius 3 is 1.96 bits per heavy atom. The molecule has 0 saturated heterocycles. The number of benzene rings is 2. The highest BCUT2D eigenvalue weighted by Crippen LogP contribution is 2.36. The second kappa shape index (κ2) is 6.19. The average molecular weight is 337 g/mol. The van der Waals surface area contributed by atoms with Crippen molar-refractivity contribution < 1.29 is 27.8 Å². The van der Waals surface area contributed by atoms with Crippen LogP contribution >= 0.6 is 0 Å². The van der Waals surface area contributed by atoms with Crippen LogP contribution in [0.1, 0.15) is 31.9 Å². The summed E-state index contributed by atoms with van der Waals surface area (Å²) in [6.07, 6.45) is -6.16. The van der Waals surface area contributed by atoms with Crippen molar-refractivity contribution in [1.82, 2.24) is 0 Å². The van der Waals surface area contributed by atoms with Crippen LogP contribution in [0, 0.1) is 0 Å². The summed E-state index contributed by atoms with van der Waals surface area (Å²) in [6, 6.07) is 9.36. The highest BCUT2D eigenvalue weighted by atomic mass is 19.4. The van der Waals surface area contributed by atoms with E-state index in [1.165, 1.54) is 18.2 Å². The molecule has 0 spiro atoms. The number of halogens is 3. The van der Waals surface area contributed by atoms with Crippen LogP contribution in [-0.4, -0.2) is 6.16 Å². The van der Waals surface area contributed by atoms with Crippen molar-refractivity contribution >= 4 is 6.16 Å². The minimum atomic E-state index is -4.43. The van der Waals surface area contributed by atoms with Crippen molar-refractivity contribution in [3.8, 4) is 16.9 Å². The molecule has 0 atom stereocenters. The quantitative estimate of drug-likeness (QED) is 0.603. The first-order valence-corrected chi connectivity index (χ1v) is 7.19. The van der Waals surface area contributed by atoms with Gasteiger partial charge >= 0.3 is 6.18 Å². The van der Waals surface area contributed by atoms with Crippen molar-refractivity contribution in [2.24, 2.45) is 0 Å². The summed E-state index contributed by atoms with van der Waals surface area (Å²) in [4.78, 5) is 10.7. The molecule has 0 aromatic heterocycles. The standard InChI is InChI=1S/C18H17F3O3/c1-17(2,3)13-8-9-15(24-16(22)23)14(10-13)11-4-6-12(7-5-11)18(19,20)21/h4-10H,1-3H3,(H,22,23)/p-1. The van der Waals surface area contributed by atoms with Crippen LogP contribution in [-0.2, 0) is 11.6 Å². The highest BCUT2D eigenvalue weighted by Gasteiger charge is 2.30. The molecule has 128 valence electrons. The minimum absolute atomic E-state index is 0.0164. The van der Waals surface area contributed by atoms with Crippen LogP contribution in [0.3, 0.4) is 0 Å². The lowest BCUT2D eigenvalue weighted by atomic mass is 9.85. The van der Waals surface area contributed by atoms with E-state index in [1.807, 2.05) is 20.8 Å². The zero-order chi connectivity index (χ0) is 18.1. The van der Waals surface area contributed by atoms with Gasteiger partial charge in [0.25, 0.3) is 6.16 Å². The molecular weight excluding hydrogens is 321 g/mol. The van der Waals surface area contributed by atoms with E-state index in [0.29, 0.717) is 11.1 Å². The molecule has 0 unspecified atom stereocenters. The Balaban J connectivity index is 2.55. The number of rotatable bonds is 2. The molecule has 0 bridgehead atoms. The summed E-state index contributed by atoms with van der Waals surface area (Å²) in [6.45, 7) is 5.91. The molecule has 6 heteroatoms. The summed E-state index contributed by atoms with van der Waals surface area (Å²) in [5, 5.41) is 10.7. The molecule has 0 amide bonds. The number of alkyl halides is 3. The Labute approximate surface area is 137 Å². The Bertz CT molecular complexity index is 742. The molecule has 0 N–H and O–H groups in total. The third-order valence-corrected chi connectivity index (χ3v) is 3.56. The van der Waals surface area contributed by atoms with Crippen LogP contribution in [0.15, 0.2) is 42.5 Å². The summed E-state index contributed by atoms with van der Waals surface area (Å²) in [7, 11) is 0. The number of hydrogen-bond acceptors (Lipinski definition) is 3. The van der Waals surface area contributed by atoms with Gasteiger partial charge in [-0.25, -0.2) is 0 Å². The summed E-state index contributed by atoms with van der Waals surface area (Å²) < 4.78 is 42.7. The molecule has 0 heterocycles. The van der Waals surface area contributed by atoms with Crippen molar-refractivity contribution in [2.75, 3.05) is 0 Å². The number of hydrogen-bond donors (Lipinski definition) is 0. The van der Waals surface area contributed by atoms with E-state index in [0.717, 1.165) is 17.7 Å². The van der Waals surface area contributed by atoms with Gasteiger partial charge in [-0.1, -0.05) is 39.0 Å². The van der Waals surface area contributed by atoms with Crippen LogP contribution < -0.4 is 9.84 Å². The predicted octanol–water partition coefficient (Wildman–Crippen LogP) is 4.39. The van der Waals surface area contributed by atoms with Crippen molar-refractivity contribution in [1.29, 1.82) is 0 Å². The fourth-order valence-corrected chi connectivity index (χ4v) is 2.24. The number of carbonyl (C=O) groups is 1. The fourth-order valence-electron chi connectivity index (χ4n) is 2.24. The summed E-state index contributed by atoms with van der Waals surface area (Å²) in [5.41, 5.74) is 0.704. The topological polar surface area (TPSA) is 49.4 Å². The maximum absolute atomic E-state index is 12.7. The molecule has 0 aliphatic heterocycles. The van der Waals surface area contributed by atoms with Gasteiger partial charge < -0.3 is 14.6 Å². The first-order valence-electron chi connectivity index (χ1n) is 7.19. The van der Waals surface area contributed by atoms with E-state index >= 15 is 0 Å². The number of carbonyl (C=O) groups excluding carboxylic acids is 1. The van der Waals surface area contributed by atoms with Crippen LogP contribution in [0.5, 0.6) is 5.75 Å². The van der Waals surface area contributed by atoms with Gasteiger partial charge in [-0.05, 0) is 40.8 Å². The maximum atomic E-state index is 12.7. The first kappa shape index (κ1) is 17.8. The molecule has 3 nitrogen and oxygen atoms in total. The Kier molecular flexibility index (Phi) is 4.60. The molecule has 0 radical (unpaired) electrons. The van der Waals surface area contributed by atoms with Crippen molar-refractivity contribution in [3.05, 3.63) is 53.6 Å². The molecule has 2 aromatic carbocycles. The third kappa shape index (κ3) is 4.07. The zero-order valence-corrected chi connectivity index (χ0v) is 13.4. The van der Waals surface area contributed by atoms with Gasteiger partial charge in [-0.2, -0.15) is 13.2 Å². The summed E-state index contributed by atoms with van der Waals surface area (Å²) in [5.74, 6) is 0.0164. The van der Waals surface area contributed by atoms with Gasteiger partial charge in [0.2, 0.25) is 0 Å². The van der Waals surface area contributed by atoms with Gasteiger partial charge in [0.1, 0.15) is 0 Å². The number of ether oxygens (including phenoxy) is 1. The van der Waals surface area contributed by atoms with Crippen LogP contribution in [0.25, 0.3) is 11.1 Å². The molecule has 24 heavy (non-hydrogen) atoms. The van der Waals surface area contributed by atoms with Gasteiger partial charge in [0.15, 0.2) is 0 Å². The minimum Gasteiger partial charge on any atom is -0.513 e. The van der Waals surface area contributed by atoms with Gasteiger partial charge in [-0.3, -0.25) is 0 Å². The Hall–Kier alpha value is -2.50. The average Bonchev–Trinajstić information content (AvgIpc) is 2.45. The predicted molar refractivity (Wildman–Crippen MR) is 81.6 cm³/mol. The lowest BCUT2D eigenvalue weighted by molar-refractivity contribution is -0.271. The Morgan fingerprint density at radius 2 is 1.50 bits per heavy atom. The molecule has 0 saturated carbocycles. The fraction of sp³-hybridized carbons (Fsp3) is 0.278. The largest absolute Gasteiger partial charge is 0.513 e. The zero-order valence-electron chi connectivity index (χ0n) is 13.4. The molecule has 0 aliphatic carbocycles. The van der Waals surface area contributed by atoms with E-state index in [4.69, 9.17) is 0 Å². The normalized spacial score (nSPS) is 12.1.